The lowest BCUT2D eigenvalue weighted by Crippen LogP contribution is -2.39. The number of hydrogen-bond acceptors (Lipinski definition) is 4. The zero-order valence-corrected chi connectivity index (χ0v) is 14.2. The Kier molecular flexibility index (Phi) is 4.88. The third kappa shape index (κ3) is 3.24. The SMILES string of the molecule is CCCc1cccc(C2(c3ccc(OC(F)F)cc3)N=C(N)NC2=O)c1. The maximum Gasteiger partial charge on any atom is 0.387 e. The van der Waals surface area contributed by atoms with Gasteiger partial charge in [-0.3, -0.25) is 10.1 Å². The van der Waals surface area contributed by atoms with Gasteiger partial charge in [-0.2, -0.15) is 8.78 Å². The molecule has 0 fully saturated rings. The van der Waals surface area contributed by atoms with Gasteiger partial charge in [0, 0.05) is 0 Å². The van der Waals surface area contributed by atoms with Crippen molar-refractivity contribution in [1.82, 2.24) is 5.32 Å². The number of guanidine groups is 1. The van der Waals surface area contributed by atoms with Crippen molar-refractivity contribution in [3.8, 4) is 5.75 Å². The van der Waals surface area contributed by atoms with E-state index in [0.717, 1.165) is 18.4 Å². The molecule has 0 spiro atoms. The molecular formula is C19H19F2N3O2. The van der Waals surface area contributed by atoms with Crippen molar-refractivity contribution >= 4 is 11.9 Å². The molecule has 0 radical (unpaired) electrons. The molecule has 0 saturated heterocycles. The number of carbonyl (C=O) groups is 1. The van der Waals surface area contributed by atoms with Gasteiger partial charge in [-0.1, -0.05) is 49.7 Å². The molecule has 1 aliphatic heterocycles. The lowest BCUT2D eigenvalue weighted by atomic mass is 9.82. The largest absolute Gasteiger partial charge is 0.435 e. The molecule has 5 nitrogen and oxygen atoms in total. The molecule has 0 saturated carbocycles. The van der Waals surface area contributed by atoms with E-state index in [1.165, 1.54) is 12.1 Å². The maximum absolute atomic E-state index is 12.8. The molecular weight excluding hydrogens is 340 g/mol. The highest BCUT2D eigenvalue weighted by Crippen LogP contribution is 2.38. The standard InChI is InChI=1S/C19H19F2N3O2/c1-2-4-12-5-3-6-14(11-12)19(16(25)23-18(22)24-19)13-7-9-15(10-8-13)26-17(20)21/h3,5-11,17H,2,4H2,1H3,(H3,22,23,24,25). The molecule has 3 rings (SSSR count). The lowest BCUT2D eigenvalue weighted by Gasteiger charge is -2.25. The minimum Gasteiger partial charge on any atom is -0.435 e. The van der Waals surface area contributed by atoms with Crippen LogP contribution in [-0.4, -0.2) is 18.5 Å². The highest BCUT2D eigenvalue weighted by atomic mass is 19.3. The second kappa shape index (κ2) is 7.11. The Morgan fingerprint density at radius 3 is 2.50 bits per heavy atom. The van der Waals surface area contributed by atoms with Crippen LogP contribution >= 0.6 is 0 Å². The molecule has 1 unspecified atom stereocenters. The highest BCUT2D eigenvalue weighted by molar-refractivity contribution is 6.09. The van der Waals surface area contributed by atoms with E-state index in [4.69, 9.17) is 5.73 Å². The van der Waals surface area contributed by atoms with Crippen molar-refractivity contribution in [3.05, 3.63) is 65.2 Å². The van der Waals surface area contributed by atoms with Crippen molar-refractivity contribution in [2.24, 2.45) is 10.7 Å². The van der Waals surface area contributed by atoms with Crippen LogP contribution in [0.15, 0.2) is 53.5 Å². The van der Waals surface area contributed by atoms with Crippen LogP contribution in [0.1, 0.15) is 30.0 Å². The van der Waals surface area contributed by atoms with Crippen LogP contribution in [-0.2, 0) is 16.8 Å². The molecule has 1 heterocycles. The average Bonchev–Trinajstić information content (AvgIpc) is 2.91. The third-order valence-electron chi connectivity index (χ3n) is 4.24. The normalized spacial score (nSPS) is 19.4. The van der Waals surface area contributed by atoms with E-state index in [2.05, 4.69) is 22.0 Å². The second-order valence-electron chi connectivity index (χ2n) is 6.01. The highest BCUT2D eigenvalue weighted by Gasteiger charge is 2.46. The van der Waals surface area contributed by atoms with Crippen molar-refractivity contribution < 1.29 is 18.3 Å². The van der Waals surface area contributed by atoms with E-state index < -0.39 is 12.2 Å². The van der Waals surface area contributed by atoms with E-state index in [1.807, 2.05) is 24.3 Å². The fourth-order valence-electron chi connectivity index (χ4n) is 3.14. The zero-order chi connectivity index (χ0) is 18.7. The smallest absolute Gasteiger partial charge is 0.387 e. The first-order valence-corrected chi connectivity index (χ1v) is 8.27. The summed E-state index contributed by atoms with van der Waals surface area (Å²) < 4.78 is 29.1. The summed E-state index contributed by atoms with van der Waals surface area (Å²) in [5.41, 5.74) is 6.68. The first kappa shape index (κ1) is 17.8. The Labute approximate surface area is 149 Å². The summed E-state index contributed by atoms with van der Waals surface area (Å²) in [6.07, 6.45) is 1.83. The number of nitrogens with zero attached hydrogens (tertiary/aromatic N) is 1. The first-order chi connectivity index (χ1) is 12.5. The van der Waals surface area contributed by atoms with Crippen molar-refractivity contribution in [2.45, 2.75) is 31.9 Å². The van der Waals surface area contributed by atoms with Gasteiger partial charge in [0.05, 0.1) is 0 Å². The van der Waals surface area contributed by atoms with Crippen molar-refractivity contribution in [3.63, 3.8) is 0 Å². The number of carbonyl (C=O) groups excluding carboxylic acids is 1. The summed E-state index contributed by atoms with van der Waals surface area (Å²) in [6, 6.07) is 13.5. The summed E-state index contributed by atoms with van der Waals surface area (Å²) in [7, 11) is 0. The third-order valence-corrected chi connectivity index (χ3v) is 4.24. The van der Waals surface area contributed by atoms with Gasteiger partial charge in [-0.05, 0) is 35.2 Å². The summed E-state index contributed by atoms with van der Waals surface area (Å²) >= 11 is 0. The summed E-state index contributed by atoms with van der Waals surface area (Å²) in [4.78, 5) is 17.2. The van der Waals surface area contributed by atoms with E-state index in [9.17, 15) is 13.6 Å². The number of nitrogens with two attached hydrogens (primary N) is 1. The first-order valence-electron chi connectivity index (χ1n) is 8.27. The van der Waals surface area contributed by atoms with Crippen molar-refractivity contribution in [2.75, 3.05) is 0 Å². The molecule has 0 aliphatic carbocycles. The van der Waals surface area contributed by atoms with Gasteiger partial charge in [0.25, 0.3) is 5.91 Å². The maximum atomic E-state index is 12.8. The fraction of sp³-hybridized carbons (Fsp3) is 0.263. The number of nitrogens with one attached hydrogen (secondary N) is 1. The van der Waals surface area contributed by atoms with Gasteiger partial charge in [0.1, 0.15) is 5.75 Å². The number of halogens is 2. The molecule has 136 valence electrons. The molecule has 3 N–H and O–H groups in total. The number of aryl methyl sites for hydroxylation is 1. The van der Waals surface area contributed by atoms with E-state index in [0.29, 0.717) is 11.1 Å². The second-order valence-corrected chi connectivity index (χ2v) is 6.01. The Bertz CT molecular complexity index is 837. The molecule has 0 aromatic heterocycles. The van der Waals surface area contributed by atoms with Gasteiger partial charge in [-0.15, -0.1) is 0 Å². The number of aliphatic imine (C=N–C) groups is 1. The molecule has 1 atom stereocenters. The van der Waals surface area contributed by atoms with Crippen LogP contribution in [0, 0.1) is 0 Å². The van der Waals surface area contributed by atoms with Crippen LogP contribution < -0.4 is 15.8 Å². The van der Waals surface area contributed by atoms with Gasteiger partial charge in [0.2, 0.25) is 0 Å². The van der Waals surface area contributed by atoms with Gasteiger partial charge in [-0.25, -0.2) is 4.99 Å². The molecule has 1 aliphatic rings. The minimum atomic E-state index is -2.91. The Morgan fingerprint density at radius 1 is 1.19 bits per heavy atom. The van der Waals surface area contributed by atoms with Crippen LogP contribution in [0.4, 0.5) is 8.78 Å². The summed E-state index contributed by atoms with van der Waals surface area (Å²) in [6.45, 7) is -0.841. The van der Waals surface area contributed by atoms with Gasteiger partial charge in [0.15, 0.2) is 11.5 Å². The minimum absolute atomic E-state index is 0.00832. The predicted octanol–water partition coefficient (Wildman–Crippen LogP) is 2.93. The van der Waals surface area contributed by atoms with Crippen LogP contribution in [0.25, 0.3) is 0 Å². The van der Waals surface area contributed by atoms with Crippen LogP contribution in [0.2, 0.25) is 0 Å². The topological polar surface area (TPSA) is 76.7 Å². The number of alkyl halides is 2. The number of rotatable bonds is 6. The Hall–Kier alpha value is -2.96. The number of amides is 1. The summed E-state index contributed by atoms with van der Waals surface area (Å²) in [5.74, 6) is -0.357. The Balaban J connectivity index is 2.09. The van der Waals surface area contributed by atoms with Crippen LogP contribution in [0.3, 0.4) is 0 Å². The van der Waals surface area contributed by atoms with Gasteiger partial charge < -0.3 is 10.5 Å². The summed E-state index contributed by atoms with van der Waals surface area (Å²) in [5, 5.41) is 2.54. The van der Waals surface area contributed by atoms with E-state index in [1.54, 1.807) is 12.1 Å². The van der Waals surface area contributed by atoms with Crippen molar-refractivity contribution in [1.29, 1.82) is 0 Å². The molecule has 1 amide bonds. The number of benzene rings is 2. The molecule has 0 bridgehead atoms. The monoisotopic (exact) mass is 359 g/mol. The Morgan fingerprint density at radius 2 is 1.92 bits per heavy atom. The van der Waals surface area contributed by atoms with Crippen LogP contribution in [0.5, 0.6) is 5.75 Å². The zero-order valence-electron chi connectivity index (χ0n) is 14.2. The predicted molar refractivity (Wildman–Crippen MR) is 94.1 cm³/mol. The number of ether oxygens (including phenoxy) is 1. The van der Waals surface area contributed by atoms with Gasteiger partial charge >= 0.3 is 6.61 Å². The quantitative estimate of drug-likeness (QED) is 0.833. The lowest BCUT2D eigenvalue weighted by molar-refractivity contribution is -0.122. The molecule has 7 heteroatoms. The fourth-order valence-corrected chi connectivity index (χ4v) is 3.14. The molecule has 2 aromatic rings. The molecule has 2 aromatic carbocycles. The average molecular weight is 359 g/mol. The number of hydrogen-bond donors (Lipinski definition) is 2. The molecule has 26 heavy (non-hydrogen) atoms. The van der Waals surface area contributed by atoms with E-state index in [-0.39, 0.29) is 17.6 Å². The van der Waals surface area contributed by atoms with E-state index >= 15 is 0 Å².